The molecule has 1 unspecified atom stereocenters. The third-order valence-electron chi connectivity index (χ3n) is 3.09. The Labute approximate surface area is 133 Å². The van der Waals surface area contributed by atoms with Gasteiger partial charge in [0.15, 0.2) is 6.04 Å². The van der Waals surface area contributed by atoms with E-state index < -0.39 is 17.9 Å². The average Bonchev–Trinajstić information content (AvgIpc) is 2.50. The van der Waals surface area contributed by atoms with E-state index in [4.69, 9.17) is 0 Å². The smallest absolute Gasteiger partial charge is 0.251 e. The van der Waals surface area contributed by atoms with Crippen LogP contribution in [0.15, 0.2) is 48.5 Å². The van der Waals surface area contributed by atoms with Gasteiger partial charge in [-0.15, -0.1) is 0 Å². The van der Waals surface area contributed by atoms with Gasteiger partial charge < -0.3 is 26.2 Å². The Morgan fingerprint density at radius 3 is 2.30 bits per heavy atom. The number of nitrogens with one attached hydrogen (secondary N) is 3. The molecule has 2 aromatic carbocycles. The lowest BCUT2D eigenvalue weighted by Crippen LogP contribution is -2.47. The zero-order valence-corrected chi connectivity index (χ0v) is 12.4. The van der Waals surface area contributed by atoms with Crippen molar-refractivity contribution >= 4 is 23.2 Å². The predicted molar refractivity (Wildman–Crippen MR) is 86.3 cm³/mol. The summed E-state index contributed by atoms with van der Waals surface area (Å²) in [7, 11) is 1.47. The van der Waals surface area contributed by atoms with E-state index in [0.29, 0.717) is 5.69 Å². The summed E-state index contributed by atoms with van der Waals surface area (Å²) < 4.78 is 0. The molecular weight excluding hydrogens is 298 g/mol. The van der Waals surface area contributed by atoms with Gasteiger partial charge in [-0.3, -0.25) is 9.59 Å². The Hall–Kier alpha value is -3.06. The quantitative estimate of drug-likeness (QED) is 0.421. The van der Waals surface area contributed by atoms with E-state index >= 15 is 0 Å². The van der Waals surface area contributed by atoms with Crippen LogP contribution in [0, 0.1) is 0 Å². The van der Waals surface area contributed by atoms with Crippen molar-refractivity contribution in [3.8, 4) is 11.5 Å². The highest BCUT2D eigenvalue weighted by Gasteiger charge is 2.25. The predicted octanol–water partition coefficient (Wildman–Crippen LogP) is 1.26. The molecule has 0 aliphatic heterocycles. The SMILES string of the molecule is CNC(C(=O)Nc1cccc(O)c1)C(=O)Nc1ccccc1O. The molecule has 2 rings (SSSR count). The van der Waals surface area contributed by atoms with Crippen LogP contribution >= 0.6 is 0 Å². The van der Waals surface area contributed by atoms with Gasteiger partial charge in [-0.25, -0.2) is 0 Å². The van der Waals surface area contributed by atoms with Gasteiger partial charge >= 0.3 is 0 Å². The summed E-state index contributed by atoms with van der Waals surface area (Å²) in [5, 5.41) is 26.7. The minimum atomic E-state index is -1.17. The Bertz CT molecular complexity index is 718. The molecule has 0 heterocycles. The molecule has 2 aromatic rings. The minimum Gasteiger partial charge on any atom is -0.508 e. The number of carbonyl (C=O) groups is 2. The van der Waals surface area contributed by atoms with Crippen LogP contribution in [0.5, 0.6) is 11.5 Å². The van der Waals surface area contributed by atoms with Gasteiger partial charge in [-0.05, 0) is 31.3 Å². The van der Waals surface area contributed by atoms with E-state index in [0.717, 1.165) is 0 Å². The van der Waals surface area contributed by atoms with Gasteiger partial charge in [0, 0.05) is 11.8 Å². The summed E-state index contributed by atoms with van der Waals surface area (Å²) in [6.07, 6.45) is 0. The zero-order valence-electron chi connectivity index (χ0n) is 12.4. The number of hydrogen-bond acceptors (Lipinski definition) is 5. The van der Waals surface area contributed by atoms with Gasteiger partial charge in [-0.1, -0.05) is 18.2 Å². The molecule has 0 fully saturated rings. The first-order valence-electron chi connectivity index (χ1n) is 6.87. The van der Waals surface area contributed by atoms with Crippen LogP contribution in [0.2, 0.25) is 0 Å². The van der Waals surface area contributed by atoms with Crippen molar-refractivity contribution in [2.45, 2.75) is 6.04 Å². The normalized spacial score (nSPS) is 11.5. The van der Waals surface area contributed by atoms with Gasteiger partial charge in [0.1, 0.15) is 11.5 Å². The van der Waals surface area contributed by atoms with E-state index in [1.165, 1.54) is 31.3 Å². The third kappa shape index (κ3) is 4.21. The second kappa shape index (κ2) is 7.28. The fraction of sp³-hybridized carbons (Fsp3) is 0.125. The maximum atomic E-state index is 12.2. The molecule has 0 aromatic heterocycles. The topological polar surface area (TPSA) is 111 Å². The number of rotatable bonds is 5. The van der Waals surface area contributed by atoms with Crippen LogP contribution in [0.3, 0.4) is 0 Å². The molecule has 7 heteroatoms. The second-order valence-electron chi connectivity index (χ2n) is 4.77. The van der Waals surface area contributed by atoms with Crippen molar-refractivity contribution in [1.29, 1.82) is 0 Å². The fourth-order valence-corrected chi connectivity index (χ4v) is 1.96. The number of amides is 2. The summed E-state index contributed by atoms with van der Waals surface area (Å²) >= 11 is 0. The number of likely N-dealkylation sites (N-methyl/N-ethyl adjacent to an activating group) is 1. The summed E-state index contributed by atoms with van der Waals surface area (Å²) in [6, 6.07) is 11.0. The number of anilines is 2. The van der Waals surface area contributed by atoms with Gasteiger partial charge in [0.05, 0.1) is 5.69 Å². The zero-order chi connectivity index (χ0) is 16.8. The number of phenols is 2. The molecule has 1 atom stereocenters. The number of aromatic hydroxyl groups is 2. The lowest BCUT2D eigenvalue weighted by molar-refractivity contribution is -0.126. The van der Waals surface area contributed by atoms with Crippen LogP contribution in [0.25, 0.3) is 0 Å². The highest BCUT2D eigenvalue weighted by atomic mass is 16.3. The Morgan fingerprint density at radius 1 is 0.957 bits per heavy atom. The highest BCUT2D eigenvalue weighted by molar-refractivity contribution is 6.14. The Kier molecular flexibility index (Phi) is 5.16. The molecule has 7 nitrogen and oxygen atoms in total. The molecule has 0 spiro atoms. The number of carbonyl (C=O) groups excluding carboxylic acids is 2. The summed E-state index contributed by atoms with van der Waals surface area (Å²) in [5.74, 6) is -1.30. The average molecular weight is 315 g/mol. The van der Waals surface area contributed by atoms with E-state index in [-0.39, 0.29) is 17.2 Å². The first-order valence-corrected chi connectivity index (χ1v) is 6.87. The minimum absolute atomic E-state index is 0.00228. The van der Waals surface area contributed by atoms with E-state index in [9.17, 15) is 19.8 Å². The fourth-order valence-electron chi connectivity index (χ4n) is 1.96. The maximum Gasteiger partial charge on any atom is 0.251 e. The highest BCUT2D eigenvalue weighted by Crippen LogP contribution is 2.21. The van der Waals surface area contributed by atoms with E-state index in [1.54, 1.807) is 24.3 Å². The van der Waals surface area contributed by atoms with Crippen molar-refractivity contribution in [2.75, 3.05) is 17.7 Å². The molecule has 120 valence electrons. The molecule has 0 bridgehead atoms. The van der Waals surface area contributed by atoms with Crippen molar-refractivity contribution < 1.29 is 19.8 Å². The summed E-state index contributed by atoms with van der Waals surface area (Å²) in [6.45, 7) is 0. The summed E-state index contributed by atoms with van der Waals surface area (Å²) in [4.78, 5) is 24.4. The molecular formula is C16H17N3O4. The van der Waals surface area contributed by atoms with E-state index in [2.05, 4.69) is 16.0 Å². The van der Waals surface area contributed by atoms with Crippen LogP contribution in [-0.2, 0) is 9.59 Å². The number of benzene rings is 2. The standard InChI is InChI=1S/C16H17N3O4/c1-17-14(15(22)18-10-5-4-6-11(20)9-10)16(23)19-12-7-2-3-8-13(12)21/h2-9,14,17,20-21H,1H3,(H,18,22)(H,19,23). The largest absolute Gasteiger partial charge is 0.508 e. The molecule has 0 saturated heterocycles. The molecule has 2 amide bonds. The summed E-state index contributed by atoms with van der Waals surface area (Å²) in [5.41, 5.74) is 0.577. The molecule has 0 aliphatic rings. The van der Waals surface area contributed by atoms with Crippen molar-refractivity contribution in [1.82, 2.24) is 5.32 Å². The van der Waals surface area contributed by atoms with Crippen LogP contribution in [0.1, 0.15) is 0 Å². The first kappa shape index (κ1) is 16.3. The molecule has 5 N–H and O–H groups in total. The Balaban J connectivity index is 2.07. The number of hydrogen-bond donors (Lipinski definition) is 5. The lowest BCUT2D eigenvalue weighted by atomic mass is 10.2. The van der Waals surface area contributed by atoms with Crippen LogP contribution < -0.4 is 16.0 Å². The molecule has 23 heavy (non-hydrogen) atoms. The van der Waals surface area contributed by atoms with Crippen molar-refractivity contribution in [3.05, 3.63) is 48.5 Å². The molecule has 0 radical (unpaired) electrons. The molecule has 0 aliphatic carbocycles. The second-order valence-corrected chi connectivity index (χ2v) is 4.77. The van der Waals surface area contributed by atoms with Crippen LogP contribution in [-0.4, -0.2) is 35.1 Å². The monoisotopic (exact) mass is 315 g/mol. The van der Waals surface area contributed by atoms with Crippen molar-refractivity contribution in [3.63, 3.8) is 0 Å². The van der Waals surface area contributed by atoms with Gasteiger partial charge in [0.25, 0.3) is 11.8 Å². The third-order valence-corrected chi connectivity index (χ3v) is 3.09. The first-order chi connectivity index (χ1) is 11.0. The maximum absolute atomic E-state index is 12.2. The number of para-hydroxylation sites is 2. The lowest BCUT2D eigenvalue weighted by Gasteiger charge is -2.16. The van der Waals surface area contributed by atoms with Crippen molar-refractivity contribution in [2.24, 2.45) is 0 Å². The van der Waals surface area contributed by atoms with Crippen LogP contribution in [0.4, 0.5) is 11.4 Å². The Morgan fingerprint density at radius 2 is 1.65 bits per heavy atom. The number of phenolic OH excluding ortho intramolecular Hbond substituents is 2. The van der Waals surface area contributed by atoms with Gasteiger partial charge in [0.2, 0.25) is 0 Å². The van der Waals surface area contributed by atoms with Gasteiger partial charge in [-0.2, -0.15) is 0 Å². The molecule has 0 saturated carbocycles. The van der Waals surface area contributed by atoms with E-state index in [1.807, 2.05) is 0 Å².